The first kappa shape index (κ1) is 23.9. The minimum Gasteiger partial charge on any atom is -0.394 e. The first-order valence-corrected chi connectivity index (χ1v) is 13.4. The SMILES string of the molecule is CCCNC(=O)[C@@H]1[C@H]2C(=O)N([C@@H](CO)C(C)C)C(C(=O)NC3CCCCC3)C23CC[C@H]1S3. The van der Waals surface area contributed by atoms with E-state index >= 15 is 0 Å². The van der Waals surface area contributed by atoms with Crippen LogP contribution in [0.15, 0.2) is 0 Å². The Hall–Kier alpha value is -1.28. The number of carbonyl (C=O) groups is 3. The third-order valence-corrected chi connectivity index (χ3v) is 10.1. The molecule has 1 aliphatic carbocycles. The van der Waals surface area contributed by atoms with Gasteiger partial charge in [-0.1, -0.05) is 40.0 Å². The highest BCUT2D eigenvalue weighted by molar-refractivity contribution is 8.02. The molecule has 0 aromatic heterocycles. The smallest absolute Gasteiger partial charge is 0.244 e. The number of thioether (sulfide) groups is 1. The molecule has 3 amide bonds. The number of amides is 3. The summed E-state index contributed by atoms with van der Waals surface area (Å²) in [6.45, 7) is 6.39. The van der Waals surface area contributed by atoms with E-state index < -0.39 is 28.7 Å². The Balaban J connectivity index is 1.68. The van der Waals surface area contributed by atoms with Gasteiger partial charge in [-0.25, -0.2) is 0 Å². The summed E-state index contributed by atoms with van der Waals surface area (Å²) in [5.74, 6) is -1.13. The number of hydrogen-bond donors (Lipinski definition) is 3. The zero-order chi connectivity index (χ0) is 23.0. The fraction of sp³-hybridized carbons (Fsp3) is 0.875. The molecule has 3 N–H and O–H groups in total. The van der Waals surface area contributed by atoms with Gasteiger partial charge >= 0.3 is 0 Å². The van der Waals surface area contributed by atoms with Gasteiger partial charge in [-0.3, -0.25) is 14.4 Å². The molecule has 2 bridgehead atoms. The molecule has 0 aromatic carbocycles. The zero-order valence-corrected chi connectivity index (χ0v) is 20.5. The van der Waals surface area contributed by atoms with Gasteiger partial charge in [-0.15, -0.1) is 11.8 Å². The zero-order valence-electron chi connectivity index (χ0n) is 19.6. The Morgan fingerprint density at radius 3 is 2.53 bits per heavy atom. The molecule has 180 valence electrons. The number of aliphatic hydroxyl groups is 1. The van der Waals surface area contributed by atoms with Gasteiger partial charge in [-0.2, -0.15) is 0 Å². The summed E-state index contributed by atoms with van der Waals surface area (Å²) in [6, 6.07) is -0.897. The van der Waals surface area contributed by atoms with Crippen molar-refractivity contribution in [3.63, 3.8) is 0 Å². The maximum atomic E-state index is 13.9. The largest absolute Gasteiger partial charge is 0.394 e. The van der Waals surface area contributed by atoms with Crippen molar-refractivity contribution < 1.29 is 19.5 Å². The minimum absolute atomic E-state index is 0.0127. The Morgan fingerprint density at radius 2 is 1.91 bits per heavy atom. The van der Waals surface area contributed by atoms with Gasteiger partial charge in [0.2, 0.25) is 17.7 Å². The molecule has 8 heteroatoms. The van der Waals surface area contributed by atoms with E-state index in [1.54, 1.807) is 16.7 Å². The highest BCUT2D eigenvalue weighted by Gasteiger charge is 2.74. The van der Waals surface area contributed by atoms with Crippen LogP contribution in [-0.2, 0) is 14.4 Å². The Kier molecular flexibility index (Phi) is 7.11. The molecule has 32 heavy (non-hydrogen) atoms. The summed E-state index contributed by atoms with van der Waals surface area (Å²) in [7, 11) is 0. The predicted octanol–water partition coefficient (Wildman–Crippen LogP) is 2.07. The average Bonchev–Trinajstić information content (AvgIpc) is 3.41. The molecule has 4 rings (SSSR count). The van der Waals surface area contributed by atoms with E-state index in [4.69, 9.17) is 0 Å². The second-order valence-corrected chi connectivity index (χ2v) is 12.0. The lowest BCUT2D eigenvalue weighted by Crippen LogP contribution is -2.59. The van der Waals surface area contributed by atoms with E-state index in [0.717, 1.165) is 44.9 Å². The van der Waals surface area contributed by atoms with Gasteiger partial charge in [0.25, 0.3) is 0 Å². The Labute approximate surface area is 195 Å². The average molecular weight is 466 g/mol. The fourth-order valence-corrected chi connectivity index (χ4v) is 8.77. The molecule has 1 saturated carbocycles. The number of nitrogens with one attached hydrogen (secondary N) is 2. The van der Waals surface area contributed by atoms with Crippen LogP contribution in [0.5, 0.6) is 0 Å². The van der Waals surface area contributed by atoms with E-state index in [1.807, 2.05) is 20.8 Å². The van der Waals surface area contributed by atoms with E-state index in [2.05, 4.69) is 10.6 Å². The molecule has 3 heterocycles. The van der Waals surface area contributed by atoms with Gasteiger partial charge in [0.05, 0.1) is 29.2 Å². The molecule has 7 nitrogen and oxygen atoms in total. The molecule has 4 aliphatic rings. The summed E-state index contributed by atoms with van der Waals surface area (Å²) in [4.78, 5) is 42.5. The Bertz CT molecular complexity index is 741. The Morgan fingerprint density at radius 1 is 1.19 bits per heavy atom. The minimum atomic E-state index is -0.625. The molecule has 3 aliphatic heterocycles. The van der Waals surface area contributed by atoms with E-state index in [0.29, 0.717) is 6.54 Å². The van der Waals surface area contributed by atoms with Crippen molar-refractivity contribution in [1.82, 2.24) is 15.5 Å². The quantitative estimate of drug-likeness (QED) is 0.510. The highest BCUT2D eigenvalue weighted by Crippen LogP contribution is 2.66. The lowest BCUT2D eigenvalue weighted by molar-refractivity contribution is -0.143. The standard InChI is InChI=1S/C24H39N3O4S/c1-4-12-25-21(29)18-17-10-11-24(32-17)19(18)23(31)27(16(13-28)14(2)3)20(24)22(30)26-15-8-6-5-7-9-15/h14-20,28H,4-13H2,1-3H3,(H,25,29)(H,26,30)/t16-,17+,18-,19-,20?,24?/m0/s1. The normalized spacial score (nSPS) is 35.3. The highest BCUT2D eigenvalue weighted by atomic mass is 32.2. The number of fused-ring (bicyclic) bond motifs is 1. The van der Waals surface area contributed by atoms with Gasteiger partial charge in [0, 0.05) is 17.8 Å². The van der Waals surface area contributed by atoms with Crippen LogP contribution in [-0.4, -0.2) is 69.0 Å². The number of hydrogen-bond acceptors (Lipinski definition) is 5. The molecule has 4 fully saturated rings. The molecular weight excluding hydrogens is 426 g/mol. The molecule has 1 spiro atoms. The number of aliphatic hydroxyl groups excluding tert-OH is 1. The third kappa shape index (κ3) is 3.85. The second kappa shape index (κ2) is 9.53. The van der Waals surface area contributed by atoms with Crippen LogP contribution >= 0.6 is 11.8 Å². The van der Waals surface area contributed by atoms with Gasteiger partial charge in [0.1, 0.15) is 6.04 Å². The molecule has 2 unspecified atom stereocenters. The molecular formula is C24H39N3O4S. The monoisotopic (exact) mass is 465 g/mol. The molecule has 3 saturated heterocycles. The third-order valence-electron chi connectivity index (χ3n) is 8.10. The number of nitrogens with zero attached hydrogens (tertiary/aromatic N) is 1. The predicted molar refractivity (Wildman–Crippen MR) is 125 cm³/mol. The number of rotatable bonds is 8. The van der Waals surface area contributed by atoms with Crippen LogP contribution in [0.4, 0.5) is 0 Å². The molecule has 0 aromatic rings. The number of likely N-dealkylation sites (tertiary alicyclic amines) is 1. The molecule has 6 atom stereocenters. The van der Waals surface area contributed by atoms with Crippen molar-refractivity contribution in [1.29, 1.82) is 0 Å². The van der Waals surface area contributed by atoms with Crippen molar-refractivity contribution in [2.24, 2.45) is 17.8 Å². The van der Waals surface area contributed by atoms with Gasteiger partial charge < -0.3 is 20.6 Å². The van der Waals surface area contributed by atoms with Gasteiger partial charge in [0.15, 0.2) is 0 Å². The van der Waals surface area contributed by atoms with Gasteiger partial charge in [-0.05, 0) is 38.0 Å². The van der Waals surface area contributed by atoms with Crippen LogP contribution in [0.2, 0.25) is 0 Å². The summed E-state index contributed by atoms with van der Waals surface area (Å²) < 4.78 is -0.572. The van der Waals surface area contributed by atoms with Crippen LogP contribution in [0, 0.1) is 17.8 Å². The van der Waals surface area contributed by atoms with Crippen molar-refractivity contribution in [2.45, 2.75) is 100 Å². The van der Waals surface area contributed by atoms with E-state index in [9.17, 15) is 19.5 Å². The van der Waals surface area contributed by atoms with E-state index in [1.165, 1.54) is 6.42 Å². The number of carbonyl (C=O) groups excluding carboxylic acids is 3. The van der Waals surface area contributed by atoms with Crippen molar-refractivity contribution in [3.8, 4) is 0 Å². The molecule has 0 radical (unpaired) electrons. The van der Waals surface area contributed by atoms with Crippen molar-refractivity contribution in [2.75, 3.05) is 13.2 Å². The summed E-state index contributed by atoms with van der Waals surface area (Å²) >= 11 is 1.70. The first-order valence-electron chi connectivity index (χ1n) is 12.5. The fourth-order valence-electron chi connectivity index (χ4n) is 6.56. The summed E-state index contributed by atoms with van der Waals surface area (Å²) in [5, 5.41) is 16.6. The lowest BCUT2D eigenvalue weighted by Gasteiger charge is -2.39. The van der Waals surface area contributed by atoms with Crippen LogP contribution < -0.4 is 10.6 Å². The summed E-state index contributed by atoms with van der Waals surface area (Å²) in [6.07, 6.45) is 7.87. The van der Waals surface area contributed by atoms with Crippen molar-refractivity contribution in [3.05, 3.63) is 0 Å². The lowest BCUT2D eigenvalue weighted by atomic mass is 9.70. The van der Waals surface area contributed by atoms with Crippen LogP contribution in [0.3, 0.4) is 0 Å². The second-order valence-electron chi connectivity index (χ2n) is 10.4. The van der Waals surface area contributed by atoms with Crippen LogP contribution in [0.25, 0.3) is 0 Å². The first-order chi connectivity index (χ1) is 15.4. The topological polar surface area (TPSA) is 98.7 Å². The van der Waals surface area contributed by atoms with Crippen molar-refractivity contribution >= 4 is 29.5 Å². The van der Waals surface area contributed by atoms with E-state index in [-0.39, 0.29) is 41.5 Å². The maximum absolute atomic E-state index is 13.9. The summed E-state index contributed by atoms with van der Waals surface area (Å²) in [5.41, 5.74) is 0. The maximum Gasteiger partial charge on any atom is 0.244 e. The van der Waals surface area contributed by atoms with Crippen LogP contribution in [0.1, 0.15) is 72.1 Å².